The van der Waals surface area contributed by atoms with E-state index >= 15 is 0 Å². The topological polar surface area (TPSA) is 96.5 Å². The number of aromatic nitrogens is 2. The van der Waals surface area contributed by atoms with Gasteiger partial charge in [-0.05, 0) is 18.2 Å². The average molecular weight is 432 g/mol. The largest absolute Gasteiger partial charge is 0.459 e. The van der Waals surface area contributed by atoms with Crippen molar-refractivity contribution in [1.82, 2.24) is 25.7 Å². The molecule has 0 spiro atoms. The number of guanidine groups is 1. The highest BCUT2D eigenvalue weighted by molar-refractivity contribution is 14.0. The van der Waals surface area contributed by atoms with Crippen LogP contribution in [0.3, 0.4) is 0 Å². The van der Waals surface area contributed by atoms with E-state index in [4.69, 9.17) is 4.42 Å². The Bertz CT molecular complexity index is 623. The second-order valence-corrected chi connectivity index (χ2v) is 4.53. The molecule has 23 heavy (non-hydrogen) atoms. The Morgan fingerprint density at radius 2 is 2.09 bits per heavy atom. The quantitative estimate of drug-likeness (QED) is 0.271. The predicted molar refractivity (Wildman–Crippen MR) is 97.9 cm³/mol. The molecular weight excluding hydrogens is 411 g/mol. The van der Waals surface area contributed by atoms with Crippen molar-refractivity contribution in [3.8, 4) is 0 Å². The zero-order valence-corrected chi connectivity index (χ0v) is 15.4. The number of amides is 1. The van der Waals surface area contributed by atoms with Gasteiger partial charge in [-0.2, -0.15) is 5.10 Å². The van der Waals surface area contributed by atoms with Crippen LogP contribution in [0.1, 0.15) is 16.2 Å². The Morgan fingerprint density at radius 3 is 2.70 bits per heavy atom. The third kappa shape index (κ3) is 5.93. The predicted octanol–water partition coefficient (Wildman–Crippen LogP) is 0.726. The number of carbonyl (C=O) groups is 1. The van der Waals surface area contributed by atoms with E-state index in [0.29, 0.717) is 31.4 Å². The van der Waals surface area contributed by atoms with Crippen molar-refractivity contribution in [3.05, 3.63) is 42.1 Å². The summed E-state index contributed by atoms with van der Waals surface area (Å²) in [7, 11) is 3.58. The van der Waals surface area contributed by atoms with E-state index in [2.05, 4.69) is 26.0 Å². The van der Waals surface area contributed by atoms with E-state index in [1.807, 2.05) is 13.1 Å². The van der Waals surface area contributed by atoms with Crippen molar-refractivity contribution < 1.29 is 9.21 Å². The Morgan fingerprint density at radius 1 is 1.30 bits per heavy atom. The molecule has 0 aliphatic carbocycles. The van der Waals surface area contributed by atoms with Crippen LogP contribution in [-0.4, -0.2) is 41.8 Å². The van der Waals surface area contributed by atoms with Crippen LogP contribution in [0.4, 0.5) is 0 Å². The molecule has 0 aliphatic rings. The molecule has 2 aromatic rings. The molecule has 126 valence electrons. The molecule has 0 saturated heterocycles. The SMILES string of the molecule is CN=C(NCCNC(=O)c1ccco1)NCc1ccnn1C.I. The van der Waals surface area contributed by atoms with Crippen molar-refractivity contribution in [2.24, 2.45) is 12.0 Å². The summed E-state index contributed by atoms with van der Waals surface area (Å²) in [6, 6.07) is 5.23. The summed E-state index contributed by atoms with van der Waals surface area (Å²) in [6.45, 7) is 1.64. The molecule has 0 aliphatic heterocycles. The molecule has 0 radical (unpaired) electrons. The number of halogens is 1. The Balaban J connectivity index is 0.00000264. The zero-order valence-electron chi connectivity index (χ0n) is 13.1. The maximum Gasteiger partial charge on any atom is 0.287 e. The van der Waals surface area contributed by atoms with Crippen LogP contribution in [0.2, 0.25) is 0 Å². The minimum absolute atomic E-state index is 0. The van der Waals surface area contributed by atoms with Gasteiger partial charge in [0.15, 0.2) is 11.7 Å². The number of nitrogens with one attached hydrogen (secondary N) is 3. The molecule has 0 atom stereocenters. The third-order valence-electron chi connectivity index (χ3n) is 3.03. The van der Waals surface area contributed by atoms with E-state index in [1.165, 1.54) is 6.26 Å². The van der Waals surface area contributed by atoms with E-state index in [9.17, 15) is 4.79 Å². The normalized spacial score (nSPS) is 10.8. The first-order chi connectivity index (χ1) is 10.7. The number of nitrogens with zero attached hydrogens (tertiary/aromatic N) is 3. The highest BCUT2D eigenvalue weighted by atomic mass is 127. The number of furan rings is 1. The van der Waals surface area contributed by atoms with Crippen molar-refractivity contribution in [2.75, 3.05) is 20.1 Å². The zero-order chi connectivity index (χ0) is 15.8. The minimum atomic E-state index is -0.232. The summed E-state index contributed by atoms with van der Waals surface area (Å²) < 4.78 is 6.80. The second kappa shape index (κ2) is 9.87. The highest BCUT2D eigenvalue weighted by Crippen LogP contribution is 1.98. The first kappa shape index (κ1) is 19.0. The average Bonchev–Trinajstić information content (AvgIpc) is 3.18. The Labute approximate surface area is 151 Å². The van der Waals surface area contributed by atoms with Crippen LogP contribution < -0.4 is 16.0 Å². The van der Waals surface area contributed by atoms with E-state index in [0.717, 1.165) is 5.69 Å². The molecule has 2 aromatic heterocycles. The number of aliphatic imine (C=N–C) groups is 1. The number of rotatable bonds is 6. The summed E-state index contributed by atoms with van der Waals surface area (Å²) >= 11 is 0. The summed E-state index contributed by atoms with van der Waals surface area (Å²) in [6.07, 6.45) is 3.22. The van der Waals surface area contributed by atoms with E-state index < -0.39 is 0 Å². The highest BCUT2D eigenvalue weighted by Gasteiger charge is 2.07. The van der Waals surface area contributed by atoms with Gasteiger partial charge in [0.2, 0.25) is 0 Å². The van der Waals surface area contributed by atoms with Gasteiger partial charge in [0, 0.05) is 33.4 Å². The van der Waals surface area contributed by atoms with Crippen LogP contribution in [0.25, 0.3) is 0 Å². The van der Waals surface area contributed by atoms with Crippen LogP contribution in [-0.2, 0) is 13.6 Å². The molecule has 0 fully saturated rings. The molecule has 8 nitrogen and oxygen atoms in total. The van der Waals surface area contributed by atoms with Gasteiger partial charge in [0.05, 0.1) is 18.5 Å². The van der Waals surface area contributed by atoms with Gasteiger partial charge in [0.1, 0.15) is 0 Å². The molecule has 0 bridgehead atoms. The van der Waals surface area contributed by atoms with Crippen LogP contribution in [0, 0.1) is 0 Å². The lowest BCUT2D eigenvalue weighted by molar-refractivity contribution is 0.0926. The van der Waals surface area contributed by atoms with Crippen molar-refractivity contribution in [2.45, 2.75) is 6.54 Å². The summed E-state index contributed by atoms with van der Waals surface area (Å²) in [5.74, 6) is 0.733. The number of aryl methyl sites for hydroxylation is 1. The van der Waals surface area contributed by atoms with Crippen molar-refractivity contribution in [1.29, 1.82) is 0 Å². The molecule has 1 amide bonds. The van der Waals surface area contributed by atoms with Gasteiger partial charge in [-0.15, -0.1) is 24.0 Å². The van der Waals surface area contributed by atoms with Crippen molar-refractivity contribution in [3.63, 3.8) is 0 Å². The lowest BCUT2D eigenvalue weighted by Crippen LogP contribution is -2.41. The molecular formula is C14H21IN6O2. The Hall–Kier alpha value is -2.04. The molecule has 9 heteroatoms. The van der Waals surface area contributed by atoms with Gasteiger partial charge in [-0.3, -0.25) is 14.5 Å². The lowest BCUT2D eigenvalue weighted by Gasteiger charge is -2.12. The molecule has 0 unspecified atom stereocenters. The van der Waals surface area contributed by atoms with Crippen LogP contribution in [0.15, 0.2) is 40.1 Å². The monoisotopic (exact) mass is 432 g/mol. The molecule has 0 saturated carbocycles. The fourth-order valence-corrected chi connectivity index (χ4v) is 1.82. The molecule has 3 N–H and O–H groups in total. The van der Waals surface area contributed by atoms with Gasteiger partial charge in [-0.1, -0.05) is 0 Å². The van der Waals surface area contributed by atoms with E-state index in [1.54, 1.807) is 30.1 Å². The summed E-state index contributed by atoms with van der Waals surface area (Å²) in [4.78, 5) is 15.8. The smallest absolute Gasteiger partial charge is 0.287 e. The fraction of sp³-hybridized carbons (Fsp3) is 0.357. The third-order valence-corrected chi connectivity index (χ3v) is 3.03. The summed E-state index contributed by atoms with van der Waals surface area (Å²) in [5.41, 5.74) is 1.05. The van der Waals surface area contributed by atoms with Crippen LogP contribution in [0.5, 0.6) is 0 Å². The second-order valence-electron chi connectivity index (χ2n) is 4.53. The molecule has 2 rings (SSSR count). The van der Waals surface area contributed by atoms with Gasteiger partial charge < -0.3 is 20.4 Å². The fourth-order valence-electron chi connectivity index (χ4n) is 1.82. The van der Waals surface area contributed by atoms with Gasteiger partial charge in [0.25, 0.3) is 5.91 Å². The summed E-state index contributed by atoms with van der Waals surface area (Å²) in [5, 5.41) is 13.1. The van der Waals surface area contributed by atoms with Gasteiger partial charge >= 0.3 is 0 Å². The number of hydrogen-bond acceptors (Lipinski definition) is 4. The van der Waals surface area contributed by atoms with Crippen molar-refractivity contribution >= 4 is 35.8 Å². The molecule has 2 heterocycles. The van der Waals surface area contributed by atoms with Crippen LogP contribution >= 0.6 is 24.0 Å². The minimum Gasteiger partial charge on any atom is -0.459 e. The number of hydrogen-bond donors (Lipinski definition) is 3. The maximum absolute atomic E-state index is 11.7. The van der Waals surface area contributed by atoms with Gasteiger partial charge in [-0.25, -0.2) is 0 Å². The Kier molecular flexibility index (Phi) is 8.16. The molecule has 0 aromatic carbocycles. The number of carbonyl (C=O) groups excluding carboxylic acids is 1. The maximum atomic E-state index is 11.7. The first-order valence-corrected chi connectivity index (χ1v) is 6.94. The van der Waals surface area contributed by atoms with E-state index in [-0.39, 0.29) is 29.9 Å². The lowest BCUT2D eigenvalue weighted by atomic mass is 10.4. The standard InChI is InChI=1S/C14H20N6O2.HI/c1-15-14(18-10-11-5-6-19-20(11)2)17-8-7-16-13(21)12-4-3-9-22-12;/h3-6,9H,7-8,10H2,1-2H3,(H,16,21)(H2,15,17,18);1H. The first-order valence-electron chi connectivity index (χ1n) is 6.94.